The van der Waals surface area contributed by atoms with Gasteiger partial charge in [-0.3, -0.25) is 9.78 Å². The largest absolute Gasteiger partial charge is 0.497 e. The fourth-order valence-corrected chi connectivity index (χ4v) is 4.11. The average molecular weight is 454 g/mol. The van der Waals surface area contributed by atoms with Crippen LogP contribution in [0.25, 0.3) is 10.9 Å². The number of hydrogen-bond donors (Lipinski definition) is 1. The van der Waals surface area contributed by atoms with Crippen molar-refractivity contribution in [1.29, 1.82) is 0 Å². The number of nitrogens with one attached hydrogen (secondary N) is 1. The van der Waals surface area contributed by atoms with E-state index in [1.54, 1.807) is 13.2 Å². The van der Waals surface area contributed by atoms with Gasteiger partial charge in [0, 0.05) is 35.8 Å². The van der Waals surface area contributed by atoms with Crippen LogP contribution in [0.4, 0.5) is 0 Å². The van der Waals surface area contributed by atoms with E-state index in [0.717, 1.165) is 52.7 Å². The van der Waals surface area contributed by atoms with E-state index in [-0.39, 0.29) is 11.4 Å². The lowest BCUT2D eigenvalue weighted by atomic mass is 9.95. The van der Waals surface area contributed by atoms with Gasteiger partial charge < -0.3 is 15.0 Å². The van der Waals surface area contributed by atoms with Gasteiger partial charge in [-0.2, -0.15) is 0 Å². The van der Waals surface area contributed by atoms with Gasteiger partial charge in [-0.15, -0.1) is 5.92 Å². The van der Waals surface area contributed by atoms with E-state index in [1.165, 1.54) is 0 Å². The number of aromatic nitrogens is 1. The smallest absolute Gasteiger partial charge is 0.252 e. The number of likely N-dealkylation sites (N-methyl/N-ethyl adjacent to an activating group) is 1. The molecule has 1 aliphatic carbocycles. The molecule has 0 atom stereocenters. The van der Waals surface area contributed by atoms with Crippen molar-refractivity contribution in [1.82, 2.24) is 15.2 Å². The second kappa shape index (κ2) is 9.61. The molecule has 34 heavy (non-hydrogen) atoms. The van der Waals surface area contributed by atoms with Gasteiger partial charge in [-0.05, 0) is 87.3 Å². The van der Waals surface area contributed by atoms with Crippen LogP contribution in [-0.4, -0.2) is 36.5 Å². The fourth-order valence-electron chi connectivity index (χ4n) is 4.11. The van der Waals surface area contributed by atoms with Gasteiger partial charge in [0.25, 0.3) is 5.91 Å². The normalized spacial score (nSPS) is 14.8. The van der Waals surface area contributed by atoms with Crippen LogP contribution in [0.5, 0.6) is 5.75 Å². The maximum atomic E-state index is 13.2. The molecule has 5 rings (SSSR count). The van der Waals surface area contributed by atoms with Crippen molar-refractivity contribution in [3.05, 3.63) is 82.7 Å². The summed E-state index contributed by atoms with van der Waals surface area (Å²) in [7, 11) is 3.66. The standard InChI is InChI=1S/C25H24N2O2.C4H7N/c1-5-6-18-13-22(20-10-8-17(3)26-23(20)14-18)25(11-12-25)27-24(28)21-15-19(29-4)9-7-16(21)2;1-5-3-2-4-5/h7-10,13-15H,11-12H2,1-4H3,(H,27,28);2-3H,4H2,1H3. The van der Waals surface area contributed by atoms with Crippen molar-refractivity contribution in [3.8, 4) is 17.6 Å². The van der Waals surface area contributed by atoms with Crippen molar-refractivity contribution < 1.29 is 9.53 Å². The first kappa shape index (κ1) is 23.4. The summed E-state index contributed by atoms with van der Waals surface area (Å²) in [6, 6.07) is 13.8. The molecule has 0 bridgehead atoms. The predicted molar refractivity (Wildman–Crippen MR) is 137 cm³/mol. The molecule has 2 aromatic carbocycles. The molecule has 5 nitrogen and oxygen atoms in total. The fraction of sp³-hybridized carbons (Fsp3) is 0.310. The van der Waals surface area contributed by atoms with E-state index < -0.39 is 0 Å². The molecule has 174 valence electrons. The molecular weight excluding hydrogens is 422 g/mol. The van der Waals surface area contributed by atoms with Crippen LogP contribution < -0.4 is 10.1 Å². The summed E-state index contributed by atoms with van der Waals surface area (Å²) in [6.07, 6.45) is 5.97. The van der Waals surface area contributed by atoms with Crippen molar-refractivity contribution >= 4 is 16.8 Å². The number of ether oxygens (including phenoxy) is 1. The minimum atomic E-state index is -0.382. The third kappa shape index (κ3) is 4.92. The number of carbonyl (C=O) groups excluding carboxylic acids is 1. The minimum absolute atomic E-state index is 0.0842. The topological polar surface area (TPSA) is 54.5 Å². The molecule has 1 saturated carbocycles. The van der Waals surface area contributed by atoms with Crippen molar-refractivity contribution in [2.24, 2.45) is 0 Å². The summed E-state index contributed by atoms with van der Waals surface area (Å²) in [5.41, 5.74) is 5.07. The zero-order chi connectivity index (χ0) is 24.3. The third-order valence-corrected chi connectivity index (χ3v) is 6.28. The zero-order valence-corrected chi connectivity index (χ0v) is 20.5. The van der Waals surface area contributed by atoms with E-state index in [0.29, 0.717) is 11.3 Å². The number of aryl methyl sites for hydroxylation is 2. The number of amides is 1. The van der Waals surface area contributed by atoms with Gasteiger partial charge in [0.1, 0.15) is 5.75 Å². The molecule has 2 aliphatic rings. The molecular formula is C29H31N3O2. The number of pyridine rings is 1. The first-order chi connectivity index (χ1) is 16.3. The molecule has 0 radical (unpaired) electrons. The second-order valence-electron chi connectivity index (χ2n) is 8.96. The Bertz CT molecular complexity index is 1330. The van der Waals surface area contributed by atoms with Crippen LogP contribution in [0.1, 0.15) is 52.5 Å². The van der Waals surface area contributed by atoms with Crippen molar-refractivity contribution in [3.63, 3.8) is 0 Å². The van der Waals surface area contributed by atoms with E-state index >= 15 is 0 Å². The lowest BCUT2D eigenvalue weighted by molar-refractivity contribution is 0.0930. The highest BCUT2D eigenvalue weighted by molar-refractivity contribution is 5.97. The summed E-state index contributed by atoms with van der Waals surface area (Å²) in [5, 5.41) is 4.36. The Morgan fingerprint density at radius 3 is 2.47 bits per heavy atom. The summed E-state index contributed by atoms with van der Waals surface area (Å²) < 4.78 is 5.30. The molecule has 1 fully saturated rings. The molecule has 5 heteroatoms. The molecule has 1 aliphatic heterocycles. The zero-order valence-electron chi connectivity index (χ0n) is 20.5. The van der Waals surface area contributed by atoms with Crippen LogP contribution in [-0.2, 0) is 5.54 Å². The molecule has 3 aromatic rings. The van der Waals surface area contributed by atoms with Gasteiger partial charge in [0.2, 0.25) is 0 Å². The second-order valence-corrected chi connectivity index (χ2v) is 8.96. The quantitative estimate of drug-likeness (QED) is 0.559. The highest BCUT2D eigenvalue weighted by Crippen LogP contribution is 2.48. The molecule has 1 N–H and O–H groups in total. The molecule has 1 aromatic heterocycles. The molecule has 0 unspecified atom stereocenters. The highest BCUT2D eigenvalue weighted by atomic mass is 16.5. The summed E-state index contributed by atoms with van der Waals surface area (Å²) in [4.78, 5) is 20.0. The number of hydrogen-bond acceptors (Lipinski definition) is 4. The van der Waals surface area contributed by atoms with Gasteiger partial charge in [0.15, 0.2) is 0 Å². The molecule has 2 heterocycles. The highest BCUT2D eigenvalue weighted by Gasteiger charge is 2.47. The lowest BCUT2D eigenvalue weighted by Crippen LogP contribution is -2.35. The van der Waals surface area contributed by atoms with E-state index in [2.05, 4.69) is 53.5 Å². The van der Waals surface area contributed by atoms with Crippen LogP contribution in [0.2, 0.25) is 0 Å². The van der Waals surface area contributed by atoms with E-state index in [9.17, 15) is 4.79 Å². The van der Waals surface area contributed by atoms with Gasteiger partial charge >= 0.3 is 0 Å². The van der Waals surface area contributed by atoms with E-state index in [1.807, 2.05) is 45.0 Å². The SMILES string of the molecule is CC#Cc1cc(C2(NC(=O)c3cc(OC)ccc3C)CC2)c2ccc(C)nc2c1.CN1C=CC1. The predicted octanol–water partition coefficient (Wildman–Crippen LogP) is 5.10. The Balaban J connectivity index is 0.000000486. The Kier molecular flexibility index (Phi) is 6.61. The summed E-state index contributed by atoms with van der Waals surface area (Å²) in [5.74, 6) is 6.71. The molecule has 0 spiro atoms. The maximum Gasteiger partial charge on any atom is 0.252 e. The minimum Gasteiger partial charge on any atom is -0.497 e. The number of carbonyl (C=O) groups is 1. The number of fused-ring (bicyclic) bond motifs is 1. The van der Waals surface area contributed by atoms with Gasteiger partial charge in [0.05, 0.1) is 18.2 Å². The van der Waals surface area contributed by atoms with Crippen LogP contribution in [0.3, 0.4) is 0 Å². The van der Waals surface area contributed by atoms with Crippen molar-refractivity contribution in [2.45, 2.75) is 39.2 Å². The van der Waals surface area contributed by atoms with Crippen molar-refractivity contribution in [2.75, 3.05) is 20.7 Å². The number of methoxy groups -OCH3 is 1. The van der Waals surface area contributed by atoms with Crippen LogP contribution >= 0.6 is 0 Å². The number of rotatable bonds is 4. The van der Waals surface area contributed by atoms with Crippen LogP contribution in [0.15, 0.2) is 54.7 Å². The Hall–Kier alpha value is -3.78. The maximum absolute atomic E-state index is 13.2. The number of nitrogens with zero attached hydrogens (tertiary/aromatic N) is 2. The van der Waals surface area contributed by atoms with E-state index in [4.69, 9.17) is 9.72 Å². The Labute approximate surface area is 201 Å². The molecule has 0 saturated heterocycles. The first-order valence-corrected chi connectivity index (χ1v) is 11.5. The Morgan fingerprint density at radius 1 is 1.15 bits per heavy atom. The number of benzene rings is 2. The summed E-state index contributed by atoms with van der Waals surface area (Å²) in [6.45, 7) is 6.89. The average Bonchev–Trinajstić information content (AvgIpc) is 3.58. The molecule has 1 amide bonds. The monoisotopic (exact) mass is 453 g/mol. The summed E-state index contributed by atoms with van der Waals surface area (Å²) >= 11 is 0. The van der Waals surface area contributed by atoms with Gasteiger partial charge in [-0.1, -0.05) is 18.1 Å². The van der Waals surface area contributed by atoms with Crippen LogP contribution in [0, 0.1) is 25.7 Å². The Morgan fingerprint density at radius 2 is 1.88 bits per heavy atom. The third-order valence-electron chi connectivity index (χ3n) is 6.28. The lowest BCUT2D eigenvalue weighted by Gasteiger charge is -2.21. The van der Waals surface area contributed by atoms with Gasteiger partial charge in [-0.25, -0.2) is 0 Å². The first-order valence-electron chi connectivity index (χ1n) is 11.5.